The van der Waals surface area contributed by atoms with Gasteiger partial charge in [-0.2, -0.15) is 0 Å². The molecule has 1 fully saturated rings. The van der Waals surface area contributed by atoms with Crippen molar-refractivity contribution < 1.29 is 9.53 Å². The van der Waals surface area contributed by atoms with Crippen LogP contribution in [-0.4, -0.2) is 29.4 Å². The molecule has 0 spiro atoms. The van der Waals surface area contributed by atoms with Crippen molar-refractivity contribution in [3.05, 3.63) is 71.2 Å². The van der Waals surface area contributed by atoms with Gasteiger partial charge in [0.2, 0.25) is 0 Å². The molecule has 26 heavy (non-hydrogen) atoms. The molecule has 5 heteroatoms. The van der Waals surface area contributed by atoms with Crippen LogP contribution in [0, 0.1) is 0 Å². The molecule has 0 bridgehead atoms. The monoisotopic (exact) mass is 364 g/mol. The Labute approximate surface area is 157 Å². The van der Waals surface area contributed by atoms with Crippen LogP contribution in [0.2, 0.25) is 0 Å². The first-order chi connectivity index (χ1) is 12.8. The van der Waals surface area contributed by atoms with Gasteiger partial charge in [-0.05, 0) is 30.5 Å². The average molecular weight is 364 g/mol. The number of likely N-dealkylation sites (tertiary alicyclic amines) is 1. The van der Waals surface area contributed by atoms with Crippen molar-refractivity contribution in [2.75, 3.05) is 13.7 Å². The van der Waals surface area contributed by atoms with Gasteiger partial charge in [0, 0.05) is 12.1 Å². The van der Waals surface area contributed by atoms with Gasteiger partial charge in [-0.1, -0.05) is 42.5 Å². The maximum atomic E-state index is 13.1. The van der Waals surface area contributed by atoms with Crippen molar-refractivity contribution >= 4 is 17.2 Å². The van der Waals surface area contributed by atoms with Crippen LogP contribution in [0.4, 0.5) is 0 Å². The molecule has 1 saturated heterocycles. The van der Waals surface area contributed by atoms with E-state index in [4.69, 9.17) is 4.74 Å². The fraction of sp³-hybridized carbons (Fsp3) is 0.238. The zero-order valence-corrected chi connectivity index (χ0v) is 15.4. The Bertz CT molecular complexity index is 907. The molecule has 2 heterocycles. The maximum absolute atomic E-state index is 13.1. The molecule has 4 nitrogen and oxygen atoms in total. The molecule has 0 saturated carbocycles. The van der Waals surface area contributed by atoms with E-state index in [-0.39, 0.29) is 11.9 Å². The summed E-state index contributed by atoms with van der Waals surface area (Å²) in [7, 11) is 1.67. The van der Waals surface area contributed by atoms with Crippen molar-refractivity contribution in [1.82, 2.24) is 9.88 Å². The van der Waals surface area contributed by atoms with E-state index < -0.39 is 0 Å². The third kappa shape index (κ3) is 3.22. The van der Waals surface area contributed by atoms with Gasteiger partial charge in [0.15, 0.2) is 0 Å². The van der Waals surface area contributed by atoms with Crippen molar-refractivity contribution in [1.29, 1.82) is 0 Å². The predicted octanol–water partition coefficient (Wildman–Crippen LogP) is 4.80. The molecule has 1 unspecified atom stereocenters. The summed E-state index contributed by atoms with van der Waals surface area (Å²) in [6.45, 7) is 0.777. The summed E-state index contributed by atoms with van der Waals surface area (Å²) in [5, 5.41) is 0.881. The van der Waals surface area contributed by atoms with Gasteiger partial charge in [-0.15, -0.1) is 11.3 Å². The number of amides is 1. The number of rotatable bonds is 4. The van der Waals surface area contributed by atoms with Crippen LogP contribution < -0.4 is 4.74 Å². The minimum Gasteiger partial charge on any atom is -0.497 e. The highest BCUT2D eigenvalue weighted by molar-refractivity contribution is 7.16. The number of aromatic nitrogens is 1. The topological polar surface area (TPSA) is 42.4 Å². The van der Waals surface area contributed by atoms with E-state index in [1.54, 1.807) is 13.3 Å². The Kier molecular flexibility index (Phi) is 4.71. The van der Waals surface area contributed by atoms with Gasteiger partial charge in [0.05, 0.1) is 19.3 Å². The second kappa shape index (κ2) is 7.30. The number of nitrogens with zero attached hydrogens (tertiary/aromatic N) is 2. The third-order valence-corrected chi connectivity index (χ3v) is 5.76. The Morgan fingerprint density at radius 3 is 2.85 bits per heavy atom. The SMILES string of the molecule is COc1cccc(C2CCCN2C(=O)c2cnc(-c3ccccc3)s2)c1. The second-order valence-corrected chi connectivity index (χ2v) is 7.36. The fourth-order valence-corrected chi connectivity index (χ4v) is 4.31. The van der Waals surface area contributed by atoms with Gasteiger partial charge in [0.1, 0.15) is 15.6 Å². The number of benzene rings is 2. The van der Waals surface area contributed by atoms with Gasteiger partial charge in [0.25, 0.3) is 5.91 Å². The first kappa shape index (κ1) is 16.8. The predicted molar refractivity (Wildman–Crippen MR) is 104 cm³/mol. The molecule has 0 radical (unpaired) electrons. The molecule has 132 valence electrons. The number of thiazole rings is 1. The van der Waals surface area contributed by atoms with Crippen LogP contribution in [0.25, 0.3) is 10.6 Å². The minimum atomic E-state index is 0.0648. The second-order valence-electron chi connectivity index (χ2n) is 6.33. The maximum Gasteiger partial charge on any atom is 0.266 e. The molecule has 1 aromatic heterocycles. The molecule has 1 aliphatic rings. The third-order valence-electron chi connectivity index (χ3n) is 4.73. The van der Waals surface area contributed by atoms with Crippen LogP contribution >= 0.6 is 11.3 Å². The molecular formula is C21H20N2O2S. The average Bonchev–Trinajstić information content (AvgIpc) is 3.38. The largest absolute Gasteiger partial charge is 0.497 e. The molecular weight excluding hydrogens is 344 g/mol. The summed E-state index contributed by atoms with van der Waals surface area (Å²) < 4.78 is 5.34. The summed E-state index contributed by atoms with van der Waals surface area (Å²) >= 11 is 1.46. The lowest BCUT2D eigenvalue weighted by molar-refractivity contribution is 0.0740. The van der Waals surface area contributed by atoms with Crippen molar-refractivity contribution in [3.63, 3.8) is 0 Å². The molecule has 3 aromatic rings. The lowest BCUT2D eigenvalue weighted by atomic mass is 10.0. The number of hydrogen-bond acceptors (Lipinski definition) is 4. The highest BCUT2D eigenvalue weighted by atomic mass is 32.1. The van der Waals surface area contributed by atoms with Gasteiger partial charge in [-0.25, -0.2) is 4.98 Å². The lowest BCUT2D eigenvalue weighted by Crippen LogP contribution is -2.29. The molecule has 2 aromatic carbocycles. The summed E-state index contributed by atoms with van der Waals surface area (Å²) in [4.78, 5) is 20.2. The Morgan fingerprint density at radius 1 is 1.19 bits per heavy atom. The standard InChI is InChI=1S/C21H20N2O2S/c1-25-17-10-5-9-16(13-17)18-11-6-12-23(18)21(24)19-14-22-20(26-19)15-7-3-2-4-8-15/h2-5,7-10,13-14,18H,6,11-12H2,1H3. The van der Waals surface area contributed by atoms with E-state index in [9.17, 15) is 4.79 Å². The zero-order chi connectivity index (χ0) is 17.9. The normalized spacial score (nSPS) is 16.7. The molecule has 1 atom stereocenters. The van der Waals surface area contributed by atoms with Gasteiger partial charge >= 0.3 is 0 Å². The number of carbonyl (C=O) groups is 1. The van der Waals surface area contributed by atoms with E-state index in [2.05, 4.69) is 11.1 Å². The molecule has 1 amide bonds. The van der Waals surface area contributed by atoms with E-state index in [1.807, 2.05) is 53.4 Å². The number of carbonyl (C=O) groups excluding carboxylic acids is 1. The van der Waals surface area contributed by atoms with Crippen molar-refractivity contribution in [3.8, 4) is 16.3 Å². The Hall–Kier alpha value is -2.66. The summed E-state index contributed by atoms with van der Waals surface area (Å²) in [5.41, 5.74) is 2.17. The Balaban J connectivity index is 1.58. The fourth-order valence-electron chi connectivity index (χ4n) is 3.43. The smallest absolute Gasteiger partial charge is 0.266 e. The highest BCUT2D eigenvalue weighted by Crippen LogP contribution is 2.36. The highest BCUT2D eigenvalue weighted by Gasteiger charge is 2.31. The number of hydrogen-bond donors (Lipinski definition) is 0. The molecule has 1 aliphatic heterocycles. The first-order valence-electron chi connectivity index (χ1n) is 8.72. The lowest BCUT2D eigenvalue weighted by Gasteiger charge is -2.24. The molecule has 0 aliphatic carbocycles. The number of methoxy groups -OCH3 is 1. The summed E-state index contributed by atoms with van der Waals surface area (Å²) in [6, 6.07) is 18.1. The Morgan fingerprint density at radius 2 is 2.04 bits per heavy atom. The van der Waals surface area contributed by atoms with Gasteiger partial charge < -0.3 is 9.64 Å². The van der Waals surface area contributed by atoms with Crippen LogP contribution in [-0.2, 0) is 0 Å². The van der Waals surface area contributed by atoms with E-state index in [0.717, 1.165) is 41.3 Å². The molecule has 0 N–H and O–H groups in total. The van der Waals surface area contributed by atoms with E-state index in [1.165, 1.54) is 11.3 Å². The quantitative estimate of drug-likeness (QED) is 0.668. The minimum absolute atomic E-state index is 0.0648. The first-order valence-corrected chi connectivity index (χ1v) is 9.54. The summed E-state index contributed by atoms with van der Waals surface area (Å²) in [6.07, 6.45) is 3.69. The van der Waals surface area contributed by atoms with E-state index in [0.29, 0.717) is 4.88 Å². The number of ether oxygens (including phenoxy) is 1. The summed E-state index contributed by atoms with van der Waals surface area (Å²) in [5.74, 6) is 0.890. The van der Waals surface area contributed by atoms with Crippen molar-refractivity contribution in [2.45, 2.75) is 18.9 Å². The van der Waals surface area contributed by atoms with E-state index >= 15 is 0 Å². The van der Waals surface area contributed by atoms with Gasteiger partial charge in [-0.3, -0.25) is 4.79 Å². The van der Waals surface area contributed by atoms with Crippen LogP contribution in [0.15, 0.2) is 60.8 Å². The zero-order valence-electron chi connectivity index (χ0n) is 14.6. The molecule has 4 rings (SSSR count). The van der Waals surface area contributed by atoms with Crippen LogP contribution in [0.5, 0.6) is 5.75 Å². The van der Waals surface area contributed by atoms with Crippen LogP contribution in [0.3, 0.4) is 0 Å². The van der Waals surface area contributed by atoms with Crippen molar-refractivity contribution in [2.24, 2.45) is 0 Å². The van der Waals surface area contributed by atoms with Crippen LogP contribution in [0.1, 0.15) is 34.1 Å².